The molecule has 1 N–H and O–H groups in total. The van der Waals surface area contributed by atoms with Crippen molar-refractivity contribution in [2.75, 3.05) is 11.1 Å². The molecule has 0 radical (unpaired) electrons. The Morgan fingerprint density at radius 2 is 2.19 bits per heavy atom. The van der Waals surface area contributed by atoms with Gasteiger partial charge < -0.3 is 5.32 Å². The van der Waals surface area contributed by atoms with Crippen LogP contribution in [0.15, 0.2) is 47.6 Å². The van der Waals surface area contributed by atoms with E-state index in [1.165, 1.54) is 30.0 Å². The molecule has 1 amide bonds. The molecule has 2 rings (SSSR count). The third kappa shape index (κ3) is 4.03. The van der Waals surface area contributed by atoms with Gasteiger partial charge in [-0.3, -0.25) is 14.9 Å². The summed E-state index contributed by atoms with van der Waals surface area (Å²) in [5.41, 5.74) is 0.785. The number of hydrogen-bond donors (Lipinski definition) is 1. The molecule has 6 nitrogen and oxygen atoms in total. The van der Waals surface area contributed by atoms with Crippen LogP contribution in [0.5, 0.6) is 0 Å². The minimum atomic E-state index is -0.502. The zero-order valence-corrected chi connectivity index (χ0v) is 12.1. The molecule has 1 aromatic heterocycles. The first-order chi connectivity index (χ1) is 10.1. The highest BCUT2D eigenvalue weighted by Gasteiger charge is 2.10. The number of rotatable bonds is 5. The standard InChI is InChI=1S/C14H13N3O3S/c1-2-21-13-8-10(6-7-15-13)14(18)16-11-4-3-5-12(9-11)17(19)20/h3-9H,2H2,1H3,(H,16,18). The first kappa shape index (κ1) is 15.0. The Bertz CT molecular complexity index is 676. The molecule has 7 heteroatoms. The number of carbonyl (C=O) groups excluding carboxylic acids is 1. The first-order valence-corrected chi connectivity index (χ1v) is 7.23. The minimum Gasteiger partial charge on any atom is -0.322 e. The van der Waals surface area contributed by atoms with E-state index in [-0.39, 0.29) is 11.6 Å². The lowest BCUT2D eigenvalue weighted by molar-refractivity contribution is -0.384. The summed E-state index contributed by atoms with van der Waals surface area (Å²) in [5.74, 6) is 0.541. The molecule has 1 aromatic carbocycles. The number of thioether (sulfide) groups is 1. The SMILES string of the molecule is CCSc1cc(C(=O)Nc2cccc([N+](=O)[O-])c2)ccn1. The Hall–Kier alpha value is -2.41. The first-order valence-electron chi connectivity index (χ1n) is 6.25. The van der Waals surface area contributed by atoms with Crippen LogP contribution in [-0.2, 0) is 0 Å². The van der Waals surface area contributed by atoms with Crippen molar-refractivity contribution >= 4 is 29.0 Å². The van der Waals surface area contributed by atoms with Crippen molar-refractivity contribution < 1.29 is 9.72 Å². The molecule has 108 valence electrons. The van der Waals surface area contributed by atoms with E-state index in [1.54, 1.807) is 24.4 Å². The van der Waals surface area contributed by atoms with Gasteiger partial charge in [-0.2, -0.15) is 0 Å². The van der Waals surface area contributed by atoms with E-state index in [2.05, 4.69) is 10.3 Å². The van der Waals surface area contributed by atoms with Gasteiger partial charge in [0.2, 0.25) is 0 Å². The smallest absolute Gasteiger partial charge is 0.271 e. The average Bonchev–Trinajstić information content (AvgIpc) is 2.48. The number of nitrogens with zero attached hydrogens (tertiary/aromatic N) is 2. The normalized spacial score (nSPS) is 10.1. The van der Waals surface area contributed by atoms with Gasteiger partial charge in [-0.25, -0.2) is 4.98 Å². The zero-order valence-electron chi connectivity index (χ0n) is 11.3. The van der Waals surface area contributed by atoms with Gasteiger partial charge in [0.1, 0.15) is 0 Å². The van der Waals surface area contributed by atoms with Gasteiger partial charge in [0, 0.05) is 29.6 Å². The van der Waals surface area contributed by atoms with Gasteiger partial charge in [0.25, 0.3) is 11.6 Å². The quantitative estimate of drug-likeness (QED) is 0.520. The van der Waals surface area contributed by atoms with Crippen LogP contribution >= 0.6 is 11.8 Å². The van der Waals surface area contributed by atoms with E-state index in [0.29, 0.717) is 11.3 Å². The van der Waals surface area contributed by atoms with Crippen LogP contribution < -0.4 is 5.32 Å². The highest BCUT2D eigenvalue weighted by molar-refractivity contribution is 7.99. The molecule has 0 atom stereocenters. The fraction of sp³-hybridized carbons (Fsp3) is 0.143. The molecule has 0 aliphatic carbocycles. The summed E-state index contributed by atoms with van der Waals surface area (Å²) >= 11 is 1.54. The van der Waals surface area contributed by atoms with E-state index >= 15 is 0 Å². The average molecular weight is 303 g/mol. The van der Waals surface area contributed by atoms with E-state index in [4.69, 9.17) is 0 Å². The van der Waals surface area contributed by atoms with E-state index in [1.807, 2.05) is 6.92 Å². The van der Waals surface area contributed by atoms with Gasteiger partial charge >= 0.3 is 0 Å². The number of benzene rings is 1. The monoisotopic (exact) mass is 303 g/mol. The Balaban J connectivity index is 2.16. The molecular weight excluding hydrogens is 290 g/mol. The summed E-state index contributed by atoms with van der Waals surface area (Å²) < 4.78 is 0. The van der Waals surface area contributed by atoms with Crippen molar-refractivity contribution in [2.45, 2.75) is 11.9 Å². The van der Waals surface area contributed by atoms with Crippen molar-refractivity contribution in [3.63, 3.8) is 0 Å². The maximum absolute atomic E-state index is 12.1. The van der Waals surface area contributed by atoms with Crippen molar-refractivity contribution in [1.82, 2.24) is 4.98 Å². The lowest BCUT2D eigenvalue weighted by Gasteiger charge is -2.06. The maximum Gasteiger partial charge on any atom is 0.271 e. The third-order valence-corrected chi connectivity index (χ3v) is 3.41. The maximum atomic E-state index is 12.1. The van der Waals surface area contributed by atoms with Crippen molar-refractivity contribution in [3.05, 3.63) is 58.3 Å². The summed E-state index contributed by atoms with van der Waals surface area (Å²) in [7, 11) is 0. The Labute approximate surface area is 125 Å². The van der Waals surface area contributed by atoms with Crippen LogP contribution in [0.1, 0.15) is 17.3 Å². The number of aromatic nitrogens is 1. The van der Waals surface area contributed by atoms with E-state index < -0.39 is 4.92 Å². The third-order valence-electron chi connectivity index (χ3n) is 2.60. The van der Waals surface area contributed by atoms with Crippen LogP contribution in [0, 0.1) is 10.1 Å². The Kier molecular flexibility index (Phi) is 4.89. The van der Waals surface area contributed by atoms with Gasteiger partial charge in [0.15, 0.2) is 0 Å². The molecular formula is C14H13N3O3S. The minimum absolute atomic E-state index is 0.0650. The van der Waals surface area contributed by atoms with Crippen molar-refractivity contribution in [2.24, 2.45) is 0 Å². The molecule has 0 aliphatic heterocycles. The summed E-state index contributed by atoms with van der Waals surface area (Å²) in [6.07, 6.45) is 1.57. The second kappa shape index (κ2) is 6.85. The van der Waals surface area contributed by atoms with Crippen LogP contribution in [0.4, 0.5) is 11.4 Å². The van der Waals surface area contributed by atoms with Crippen LogP contribution in [0.25, 0.3) is 0 Å². The van der Waals surface area contributed by atoms with Gasteiger partial charge in [-0.1, -0.05) is 13.0 Å². The predicted molar refractivity (Wildman–Crippen MR) is 81.7 cm³/mol. The van der Waals surface area contributed by atoms with Crippen molar-refractivity contribution in [1.29, 1.82) is 0 Å². The molecule has 0 saturated heterocycles. The lowest BCUT2D eigenvalue weighted by atomic mass is 10.2. The molecule has 21 heavy (non-hydrogen) atoms. The summed E-state index contributed by atoms with van der Waals surface area (Å²) in [4.78, 5) is 26.5. The molecule has 0 spiro atoms. The number of non-ortho nitro benzene ring substituents is 1. The molecule has 0 unspecified atom stereocenters. The predicted octanol–water partition coefficient (Wildman–Crippen LogP) is 3.35. The number of amides is 1. The number of carbonyl (C=O) groups is 1. The number of nitro groups is 1. The zero-order chi connectivity index (χ0) is 15.2. The fourth-order valence-electron chi connectivity index (χ4n) is 1.68. The summed E-state index contributed by atoms with van der Waals surface area (Å²) in [6.45, 7) is 2.00. The van der Waals surface area contributed by atoms with Gasteiger partial charge in [-0.05, 0) is 24.0 Å². The van der Waals surface area contributed by atoms with E-state index in [9.17, 15) is 14.9 Å². The van der Waals surface area contributed by atoms with Gasteiger partial charge in [-0.15, -0.1) is 11.8 Å². The summed E-state index contributed by atoms with van der Waals surface area (Å²) in [5, 5.41) is 14.1. The number of hydrogen-bond acceptors (Lipinski definition) is 5. The van der Waals surface area contributed by atoms with Crippen LogP contribution in [0.2, 0.25) is 0 Å². The van der Waals surface area contributed by atoms with Crippen LogP contribution in [0.3, 0.4) is 0 Å². The number of pyridine rings is 1. The van der Waals surface area contributed by atoms with E-state index in [0.717, 1.165) is 10.8 Å². The highest BCUT2D eigenvalue weighted by Crippen LogP contribution is 2.19. The molecule has 1 heterocycles. The highest BCUT2D eigenvalue weighted by atomic mass is 32.2. The number of anilines is 1. The molecule has 0 bridgehead atoms. The molecule has 0 fully saturated rings. The van der Waals surface area contributed by atoms with Gasteiger partial charge in [0.05, 0.1) is 9.95 Å². The topological polar surface area (TPSA) is 85.1 Å². The summed E-state index contributed by atoms with van der Waals surface area (Å²) in [6, 6.07) is 9.12. The Morgan fingerprint density at radius 3 is 2.90 bits per heavy atom. The van der Waals surface area contributed by atoms with Crippen LogP contribution in [-0.4, -0.2) is 21.6 Å². The second-order valence-electron chi connectivity index (χ2n) is 4.08. The number of nitro benzene ring substituents is 1. The largest absolute Gasteiger partial charge is 0.322 e. The fourth-order valence-corrected chi connectivity index (χ4v) is 2.32. The van der Waals surface area contributed by atoms with Crippen molar-refractivity contribution in [3.8, 4) is 0 Å². The number of nitrogens with one attached hydrogen (secondary N) is 1. The molecule has 2 aromatic rings. The second-order valence-corrected chi connectivity index (χ2v) is 5.36. The lowest BCUT2D eigenvalue weighted by Crippen LogP contribution is -2.12. The molecule has 0 aliphatic rings. The Morgan fingerprint density at radius 1 is 1.38 bits per heavy atom. The molecule has 0 saturated carbocycles.